The topological polar surface area (TPSA) is 67.4 Å². The van der Waals surface area contributed by atoms with E-state index in [1.54, 1.807) is 0 Å². The van der Waals surface area contributed by atoms with Crippen LogP contribution >= 0.6 is 0 Å². The van der Waals surface area contributed by atoms with E-state index in [1.165, 1.54) is 5.56 Å². The Morgan fingerprint density at radius 2 is 1.77 bits per heavy atom. The Hall–Kier alpha value is -2.04. The predicted molar refractivity (Wildman–Crippen MR) is 87.9 cm³/mol. The van der Waals surface area contributed by atoms with E-state index in [0.29, 0.717) is 18.7 Å². The molecular weight excluding hydrogens is 280 g/mol. The van der Waals surface area contributed by atoms with Crippen LogP contribution in [0.2, 0.25) is 0 Å². The van der Waals surface area contributed by atoms with Crippen LogP contribution in [0.1, 0.15) is 46.1 Å². The second-order valence-electron chi connectivity index (χ2n) is 6.13. The normalized spacial score (nSPS) is 10.9. The highest BCUT2D eigenvalue weighted by molar-refractivity contribution is 5.84. The number of hydrogen-bond acceptors (Lipinski definition) is 3. The number of rotatable bonds is 6. The molecule has 0 saturated carbocycles. The summed E-state index contributed by atoms with van der Waals surface area (Å²) < 4.78 is 5.19. The maximum Gasteiger partial charge on any atom is 0.412 e. The van der Waals surface area contributed by atoms with Gasteiger partial charge < -0.3 is 10.1 Å². The summed E-state index contributed by atoms with van der Waals surface area (Å²) in [6.45, 7) is 8.00. The van der Waals surface area contributed by atoms with Gasteiger partial charge in [0.05, 0.1) is 0 Å². The Kier molecular flexibility index (Phi) is 6.89. The van der Waals surface area contributed by atoms with Crippen LogP contribution in [0.4, 0.5) is 10.5 Å². The van der Waals surface area contributed by atoms with Gasteiger partial charge in [-0.05, 0) is 51.3 Å². The smallest absolute Gasteiger partial charge is 0.412 e. The molecular formula is C17H26N2O3. The first kappa shape index (κ1) is 18.0. The fourth-order valence-electron chi connectivity index (χ4n) is 1.82. The average molecular weight is 306 g/mol. The second-order valence-corrected chi connectivity index (χ2v) is 6.13. The largest absolute Gasteiger partial charge is 0.444 e. The number of aryl methyl sites for hydroxylation is 1. The molecule has 0 aliphatic heterocycles. The van der Waals surface area contributed by atoms with Gasteiger partial charge in [-0.1, -0.05) is 19.1 Å². The molecule has 0 radical (unpaired) electrons. The molecule has 0 bridgehead atoms. The zero-order valence-corrected chi connectivity index (χ0v) is 13.9. The molecule has 0 aliphatic carbocycles. The lowest BCUT2D eigenvalue weighted by molar-refractivity contribution is -0.120. The van der Waals surface area contributed by atoms with Crippen molar-refractivity contribution in [3.05, 3.63) is 29.8 Å². The number of carbonyl (C=O) groups excluding carboxylic acids is 2. The fourth-order valence-corrected chi connectivity index (χ4v) is 1.82. The first-order chi connectivity index (χ1) is 10.3. The van der Waals surface area contributed by atoms with Gasteiger partial charge in [-0.15, -0.1) is 0 Å². The lowest BCUT2D eigenvalue weighted by Gasteiger charge is -2.19. The van der Waals surface area contributed by atoms with E-state index in [1.807, 2.05) is 52.0 Å². The minimum absolute atomic E-state index is 0.0805. The molecule has 1 aromatic rings. The monoisotopic (exact) mass is 306 g/mol. The Morgan fingerprint density at radius 3 is 2.32 bits per heavy atom. The van der Waals surface area contributed by atoms with Gasteiger partial charge in [0, 0.05) is 18.7 Å². The maximum atomic E-state index is 11.6. The van der Waals surface area contributed by atoms with Crippen molar-refractivity contribution in [1.29, 1.82) is 0 Å². The molecule has 0 aliphatic rings. The molecule has 1 aromatic carbocycles. The van der Waals surface area contributed by atoms with Gasteiger partial charge in [0.15, 0.2) is 0 Å². The van der Waals surface area contributed by atoms with Gasteiger partial charge in [0.25, 0.3) is 0 Å². The molecule has 122 valence electrons. The van der Waals surface area contributed by atoms with Gasteiger partial charge >= 0.3 is 6.09 Å². The molecule has 0 aromatic heterocycles. The molecule has 0 unspecified atom stereocenters. The number of nitrogens with one attached hydrogen (secondary N) is 2. The highest BCUT2D eigenvalue weighted by Crippen LogP contribution is 2.13. The summed E-state index contributed by atoms with van der Waals surface area (Å²) in [6.07, 6.45) is 1.84. The van der Waals surface area contributed by atoms with E-state index in [4.69, 9.17) is 4.74 Å². The van der Waals surface area contributed by atoms with Crippen molar-refractivity contribution in [2.45, 2.75) is 52.6 Å². The van der Waals surface area contributed by atoms with Crippen molar-refractivity contribution >= 4 is 17.7 Å². The van der Waals surface area contributed by atoms with Crippen LogP contribution in [-0.4, -0.2) is 24.1 Å². The minimum atomic E-state index is -0.507. The molecule has 2 amide bonds. The van der Waals surface area contributed by atoms with Crippen LogP contribution in [0.3, 0.4) is 0 Å². The number of ether oxygens (including phenoxy) is 1. The van der Waals surface area contributed by atoms with E-state index in [-0.39, 0.29) is 5.91 Å². The Bertz CT molecular complexity index is 490. The van der Waals surface area contributed by atoms with Crippen molar-refractivity contribution in [3.63, 3.8) is 0 Å². The highest BCUT2D eigenvalue weighted by atomic mass is 16.6. The van der Waals surface area contributed by atoms with E-state index in [9.17, 15) is 9.59 Å². The molecule has 0 saturated heterocycles. The van der Waals surface area contributed by atoms with Crippen molar-refractivity contribution in [2.75, 3.05) is 11.9 Å². The molecule has 0 heterocycles. The highest BCUT2D eigenvalue weighted by Gasteiger charge is 2.15. The maximum absolute atomic E-state index is 11.6. The number of amides is 2. The van der Waals surface area contributed by atoms with Crippen LogP contribution in [0.25, 0.3) is 0 Å². The molecule has 0 fully saturated rings. The van der Waals surface area contributed by atoms with Crippen molar-refractivity contribution in [1.82, 2.24) is 5.32 Å². The van der Waals surface area contributed by atoms with Gasteiger partial charge in [0.1, 0.15) is 5.60 Å². The summed E-state index contributed by atoms with van der Waals surface area (Å²) in [4.78, 5) is 22.7. The number of benzene rings is 1. The van der Waals surface area contributed by atoms with Gasteiger partial charge in [0.2, 0.25) is 5.91 Å². The van der Waals surface area contributed by atoms with E-state index < -0.39 is 11.7 Å². The molecule has 1 rings (SSSR count). The Morgan fingerprint density at radius 1 is 1.14 bits per heavy atom. The quantitative estimate of drug-likeness (QED) is 0.791. The summed E-state index contributed by atoms with van der Waals surface area (Å²) in [7, 11) is 0. The molecule has 0 atom stereocenters. The Labute approximate surface area is 132 Å². The summed E-state index contributed by atoms with van der Waals surface area (Å²) in [5.74, 6) is 0.0805. The van der Waals surface area contributed by atoms with Gasteiger partial charge in [-0.3, -0.25) is 10.1 Å². The lowest BCUT2D eigenvalue weighted by Crippen LogP contribution is -2.27. The van der Waals surface area contributed by atoms with Crippen LogP contribution < -0.4 is 10.6 Å². The summed E-state index contributed by atoms with van der Waals surface area (Å²) >= 11 is 0. The van der Waals surface area contributed by atoms with Gasteiger partial charge in [-0.2, -0.15) is 0 Å². The summed E-state index contributed by atoms with van der Waals surface area (Å²) in [5, 5.41) is 5.55. The lowest BCUT2D eigenvalue weighted by atomic mass is 10.1. The zero-order valence-electron chi connectivity index (χ0n) is 13.9. The van der Waals surface area contributed by atoms with E-state index in [2.05, 4.69) is 10.6 Å². The number of carbonyl (C=O) groups is 2. The van der Waals surface area contributed by atoms with Crippen LogP contribution in [0.15, 0.2) is 24.3 Å². The van der Waals surface area contributed by atoms with Gasteiger partial charge in [-0.25, -0.2) is 4.79 Å². The van der Waals surface area contributed by atoms with Crippen molar-refractivity contribution in [2.24, 2.45) is 0 Å². The van der Waals surface area contributed by atoms with Crippen LogP contribution in [-0.2, 0) is 16.0 Å². The zero-order chi connectivity index (χ0) is 16.6. The third-order valence-electron chi connectivity index (χ3n) is 2.88. The van der Waals surface area contributed by atoms with Crippen molar-refractivity contribution < 1.29 is 14.3 Å². The molecule has 5 heteroatoms. The minimum Gasteiger partial charge on any atom is -0.444 e. The second kappa shape index (κ2) is 8.41. The van der Waals surface area contributed by atoms with E-state index >= 15 is 0 Å². The fraction of sp³-hybridized carbons (Fsp3) is 0.529. The first-order valence-corrected chi connectivity index (χ1v) is 7.66. The van der Waals surface area contributed by atoms with Crippen LogP contribution in [0, 0.1) is 0 Å². The summed E-state index contributed by atoms with van der Waals surface area (Å²) in [5.41, 5.74) is 1.37. The summed E-state index contributed by atoms with van der Waals surface area (Å²) in [6, 6.07) is 7.64. The predicted octanol–water partition coefficient (Wildman–Crippen LogP) is 3.49. The standard InChI is InChI=1S/C17H26N2O3/c1-5-15(20)18-12-6-7-13-8-10-14(11-9-13)19-16(21)22-17(2,3)4/h8-11H,5-7,12H2,1-4H3,(H,18,20)(H,19,21). The van der Waals surface area contributed by atoms with E-state index in [0.717, 1.165) is 12.8 Å². The average Bonchev–Trinajstić information content (AvgIpc) is 2.43. The Balaban J connectivity index is 2.37. The molecule has 2 N–H and O–H groups in total. The third-order valence-corrected chi connectivity index (χ3v) is 2.88. The SMILES string of the molecule is CCC(=O)NCCCc1ccc(NC(=O)OC(C)(C)C)cc1. The van der Waals surface area contributed by atoms with Crippen LogP contribution in [0.5, 0.6) is 0 Å². The molecule has 22 heavy (non-hydrogen) atoms. The third kappa shape index (κ3) is 7.67. The molecule has 5 nitrogen and oxygen atoms in total. The number of anilines is 1. The first-order valence-electron chi connectivity index (χ1n) is 7.66. The van der Waals surface area contributed by atoms with Crippen molar-refractivity contribution in [3.8, 4) is 0 Å². The number of hydrogen-bond donors (Lipinski definition) is 2. The molecule has 0 spiro atoms.